The molecule has 4 rings (SSSR count). The molecule has 124 valence electrons. The average molecular weight is 317 g/mol. The van der Waals surface area contributed by atoms with Crippen molar-refractivity contribution < 1.29 is 19.4 Å². The van der Waals surface area contributed by atoms with Gasteiger partial charge in [-0.1, -0.05) is 6.42 Å². The van der Waals surface area contributed by atoms with Crippen molar-refractivity contribution in [2.45, 2.75) is 44.2 Å². The molecule has 5 heteroatoms. The number of Topliss-reactive ketones (excluding diaryl/α,β-unsaturated/α-hetero) is 1. The number of phenols is 1. The van der Waals surface area contributed by atoms with Crippen molar-refractivity contribution in [3.05, 3.63) is 23.3 Å². The lowest BCUT2D eigenvalue weighted by Gasteiger charge is -2.48. The smallest absolute Gasteiger partial charge is 0.170 e. The number of ether oxygens (including phenoxy) is 2. The molecule has 0 bridgehead atoms. The van der Waals surface area contributed by atoms with E-state index in [0.717, 1.165) is 63.3 Å². The second-order valence-electron chi connectivity index (χ2n) is 6.77. The molecule has 2 heterocycles. The van der Waals surface area contributed by atoms with Gasteiger partial charge in [0.05, 0.1) is 18.8 Å². The Kier molecular flexibility index (Phi) is 3.58. The summed E-state index contributed by atoms with van der Waals surface area (Å²) in [6, 6.07) is 3.40. The predicted molar refractivity (Wildman–Crippen MR) is 85.1 cm³/mol. The van der Waals surface area contributed by atoms with Crippen molar-refractivity contribution in [3.63, 3.8) is 0 Å². The van der Waals surface area contributed by atoms with Gasteiger partial charge >= 0.3 is 0 Å². The lowest BCUT2D eigenvalue weighted by atomic mass is 9.75. The zero-order valence-electron chi connectivity index (χ0n) is 13.5. The Morgan fingerprint density at radius 1 is 1.30 bits per heavy atom. The van der Waals surface area contributed by atoms with Crippen LogP contribution in [0.4, 0.5) is 0 Å². The summed E-state index contributed by atoms with van der Waals surface area (Å²) < 4.78 is 12.0. The summed E-state index contributed by atoms with van der Waals surface area (Å²) in [5, 5.41) is 10.2. The number of hydrogen-bond donors (Lipinski definition) is 1. The van der Waals surface area contributed by atoms with Crippen LogP contribution >= 0.6 is 0 Å². The van der Waals surface area contributed by atoms with E-state index >= 15 is 0 Å². The van der Waals surface area contributed by atoms with Crippen LogP contribution < -0.4 is 4.74 Å². The fraction of sp³-hybridized carbons (Fsp3) is 0.611. The van der Waals surface area contributed by atoms with Crippen LogP contribution in [0.25, 0.3) is 0 Å². The Balaban J connectivity index is 1.82. The number of rotatable bonds is 2. The minimum atomic E-state index is -0.373. The number of morpholine rings is 1. The van der Waals surface area contributed by atoms with Crippen LogP contribution in [0, 0.1) is 0 Å². The third-order valence-electron chi connectivity index (χ3n) is 5.54. The summed E-state index contributed by atoms with van der Waals surface area (Å²) in [7, 11) is 0. The zero-order chi connectivity index (χ0) is 16.0. The highest BCUT2D eigenvalue weighted by molar-refractivity contribution is 5.99. The number of phenolic OH excluding ortho intramolecular Hbond substituents is 1. The van der Waals surface area contributed by atoms with Crippen molar-refractivity contribution in [2.75, 3.05) is 26.3 Å². The van der Waals surface area contributed by atoms with Crippen LogP contribution in [-0.2, 0) is 4.74 Å². The highest BCUT2D eigenvalue weighted by Crippen LogP contribution is 2.56. The highest BCUT2D eigenvalue weighted by atomic mass is 16.5. The molecule has 1 saturated heterocycles. The molecule has 1 N–H and O–H groups in total. The number of benzene rings is 1. The van der Waals surface area contributed by atoms with E-state index < -0.39 is 0 Å². The fourth-order valence-corrected chi connectivity index (χ4v) is 4.59. The maximum Gasteiger partial charge on any atom is 0.170 e. The molecule has 1 saturated carbocycles. The first-order valence-corrected chi connectivity index (χ1v) is 8.52. The van der Waals surface area contributed by atoms with Gasteiger partial charge in [0.25, 0.3) is 0 Å². The van der Waals surface area contributed by atoms with E-state index in [0.29, 0.717) is 5.56 Å². The van der Waals surface area contributed by atoms with Crippen LogP contribution in [0.15, 0.2) is 12.1 Å². The Bertz CT molecular complexity index is 638. The average Bonchev–Trinajstić information content (AvgIpc) is 2.91. The third-order valence-corrected chi connectivity index (χ3v) is 5.54. The maximum absolute atomic E-state index is 12.1. The second kappa shape index (κ2) is 5.49. The number of nitrogens with zero attached hydrogens (tertiary/aromatic N) is 1. The van der Waals surface area contributed by atoms with Crippen LogP contribution in [-0.4, -0.2) is 47.8 Å². The first-order valence-electron chi connectivity index (χ1n) is 8.52. The first-order chi connectivity index (χ1) is 11.1. The van der Waals surface area contributed by atoms with Crippen molar-refractivity contribution in [1.82, 2.24) is 4.90 Å². The van der Waals surface area contributed by atoms with Crippen molar-refractivity contribution >= 4 is 5.78 Å². The van der Waals surface area contributed by atoms with Gasteiger partial charge in [-0.05, 0) is 31.9 Å². The molecule has 0 unspecified atom stereocenters. The molecule has 2 atom stereocenters. The van der Waals surface area contributed by atoms with Gasteiger partial charge < -0.3 is 14.6 Å². The molecule has 5 nitrogen and oxygen atoms in total. The summed E-state index contributed by atoms with van der Waals surface area (Å²) in [6.45, 7) is 4.67. The van der Waals surface area contributed by atoms with Gasteiger partial charge in [0, 0.05) is 31.0 Å². The molecule has 3 aliphatic rings. The van der Waals surface area contributed by atoms with Gasteiger partial charge in [0.2, 0.25) is 0 Å². The predicted octanol–water partition coefficient (Wildman–Crippen LogP) is 2.67. The zero-order valence-corrected chi connectivity index (χ0v) is 13.5. The number of fused-ring (bicyclic) bond motifs is 3. The summed E-state index contributed by atoms with van der Waals surface area (Å²) in [5.74, 6) is 0.899. The minimum absolute atomic E-state index is 0.0724. The summed E-state index contributed by atoms with van der Waals surface area (Å²) in [5.41, 5.74) is 0.996. The topological polar surface area (TPSA) is 59.0 Å². The molecule has 1 aliphatic carbocycles. The highest BCUT2D eigenvalue weighted by Gasteiger charge is 2.55. The Hall–Kier alpha value is -1.59. The largest absolute Gasteiger partial charge is 0.507 e. The lowest BCUT2D eigenvalue weighted by Crippen LogP contribution is -2.59. The number of carbonyl (C=O) groups excluding carboxylic acids is 1. The second-order valence-corrected chi connectivity index (χ2v) is 6.77. The molecule has 0 spiro atoms. The summed E-state index contributed by atoms with van der Waals surface area (Å²) >= 11 is 0. The summed E-state index contributed by atoms with van der Waals surface area (Å²) in [6.07, 6.45) is 4.22. The van der Waals surface area contributed by atoms with Gasteiger partial charge in [-0.2, -0.15) is 0 Å². The van der Waals surface area contributed by atoms with E-state index in [1.54, 1.807) is 6.07 Å². The third kappa shape index (κ3) is 2.17. The number of aromatic hydroxyl groups is 1. The number of carbonyl (C=O) groups is 1. The SMILES string of the molecule is CC(=O)c1c(O)ccc2c1[C@H]1CCCC[C@]1(N1CCOCC1)O2. The van der Waals surface area contributed by atoms with Crippen LogP contribution in [0.5, 0.6) is 11.5 Å². The molecule has 1 aromatic rings. The molecule has 0 amide bonds. The fourth-order valence-electron chi connectivity index (χ4n) is 4.59. The maximum atomic E-state index is 12.1. The van der Waals surface area contributed by atoms with Gasteiger partial charge in [-0.3, -0.25) is 9.69 Å². The van der Waals surface area contributed by atoms with Gasteiger partial charge in [-0.25, -0.2) is 0 Å². The Labute approximate surface area is 136 Å². The van der Waals surface area contributed by atoms with E-state index in [1.807, 2.05) is 6.07 Å². The van der Waals surface area contributed by atoms with Gasteiger partial charge in [0.15, 0.2) is 11.5 Å². The van der Waals surface area contributed by atoms with E-state index in [9.17, 15) is 9.90 Å². The van der Waals surface area contributed by atoms with Gasteiger partial charge in [-0.15, -0.1) is 0 Å². The van der Waals surface area contributed by atoms with Crippen LogP contribution in [0.2, 0.25) is 0 Å². The minimum Gasteiger partial charge on any atom is -0.507 e. The molecule has 1 aromatic carbocycles. The molecule has 23 heavy (non-hydrogen) atoms. The molecule has 2 fully saturated rings. The van der Waals surface area contributed by atoms with Crippen molar-refractivity contribution in [2.24, 2.45) is 0 Å². The number of ketones is 1. The Morgan fingerprint density at radius 2 is 2.09 bits per heavy atom. The number of hydrogen-bond acceptors (Lipinski definition) is 5. The molecular weight excluding hydrogens is 294 g/mol. The molecular formula is C18H23NO4. The normalized spacial score (nSPS) is 30.4. The van der Waals surface area contributed by atoms with Crippen molar-refractivity contribution in [1.29, 1.82) is 0 Å². The van der Waals surface area contributed by atoms with E-state index in [1.165, 1.54) is 6.92 Å². The van der Waals surface area contributed by atoms with Crippen LogP contribution in [0.1, 0.15) is 54.4 Å². The molecule has 2 aliphatic heterocycles. The first kappa shape index (κ1) is 15.0. The van der Waals surface area contributed by atoms with E-state index in [2.05, 4.69) is 4.90 Å². The van der Waals surface area contributed by atoms with Crippen molar-refractivity contribution in [3.8, 4) is 11.5 Å². The van der Waals surface area contributed by atoms with Gasteiger partial charge in [0.1, 0.15) is 11.5 Å². The van der Waals surface area contributed by atoms with Crippen LogP contribution in [0.3, 0.4) is 0 Å². The van der Waals surface area contributed by atoms with E-state index in [-0.39, 0.29) is 23.2 Å². The monoisotopic (exact) mass is 317 g/mol. The lowest BCUT2D eigenvalue weighted by molar-refractivity contribution is -0.139. The standard InChI is InChI=1S/C18H23NO4/c1-12(20)16-14(21)5-6-15-17(16)13-4-2-3-7-18(13,23-15)19-8-10-22-11-9-19/h5-6,13,21H,2-4,7-11H2,1H3/t13-,18+/m1/s1. The summed E-state index contributed by atoms with van der Waals surface area (Å²) in [4.78, 5) is 14.5. The van der Waals surface area contributed by atoms with E-state index in [4.69, 9.17) is 9.47 Å². The Morgan fingerprint density at radius 3 is 2.83 bits per heavy atom. The quantitative estimate of drug-likeness (QED) is 0.850. The molecule has 0 radical (unpaired) electrons. The molecule has 0 aromatic heterocycles.